The second kappa shape index (κ2) is 4.74. The minimum atomic E-state index is 1.19. The maximum atomic E-state index is 3.58. The summed E-state index contributed by atoms with van der Waals surface area (Å²) in [7, 11) is 0. The molecule has 25 heavy (non-hydrogen) atoms. The van der Waals surface area contributed by atoms with E-state index in [2.05, 4.69) is 87.7 Å². The molecule has 6 aromatic rings. The van der Waals surface area contributed by atoms with Gasteiger partial charge in [-0.3, -0.25) is 0 Å². The van der Waals surface area contributed by atoms with Gasteiger partial charge in [0.25, 0.3) is 0 Å². The van der Waals surface area contributed by atoms with Crippen molar-refractivity contribution in [1.82, 2.24) is 9.55 Å². The van der Waals surface area contributed by atoms with Crippen molar-refractivity contribution in [3.8, 4) is 5.69 Å². The third-order valence-electron chi connectivity index (χ3n) is 5.01. The Bertz CT molecular complexity index is 1380. The van der Waals surface area contributed by atoms with Crippen LogP contribution in [0, 0.1) is 0 Å². The first-order valence-electron chi connectivity index (χ1n) is 8.38. The van der Waals surface area contributed by atoms with Crippen LogP contribution in [0.15, 0.2) is 78.2 Å². The molecule has 0 aliphatic rings. The molecule has 2 nitrogen and oxygen atoms in total. The normalized spacial score (nSPS) is 12.0. The van der Waals surface area contributed by atoms with Crippen molar-refractivity contribution in [1.29, 1.82) is 0 Å². The van der Waals surface area contributed by atoms with Gasteiger partial charge in [0, 0.05) is 32.9 Å². The molecule has 3 heterocycles. The zero-order valence-corrected chi connectivity index (χ0v) is 14.2. The Morgan fingerprint density at radius 1 is 0.680 bits per heavy atom. The molecule has 0 saturated heterocycles. The fourth-order valence-electron chi connectivity index (χ4n) is 3.92. The van der Waals surface area contributed by atoms with Crippen molar-refractivity contribution in [2.24, 2.45) is 0 Å². The van der Waals surface area contributed by atoms with Crippen molar-refractivity contribution >= 4 is 54.3 Å². The average molecular weight is 338 g/mol. The van der Waals surface area contributed by atoms with Gasteiger partial charge >= 0.3 is 0 Å². The molecule has 1 N–H and O–H groups in total. The highest BCUT2D eigenvalue weighted by Crippen LogP contribution is 2.38. The van der Waals surface area contributed by atoms with Crippen molar-refractivity contribution in [3.05, 3.63) is 78.2 Å². The van der Waals surface area contributed by atoms with Gasteiger partial charge in [0.1, 0.15) is 0 Å². The third-order valence-corrected chi connectivity index (χ3v) is 5.94. The topological polar surface area (TPSA) is 20.7 Å². The Hall–Kier alpha value is -3.04. The summed E-state index contributed by atoms with van der Waals surface area (Å²) in [5.41, 5.74) is 6.13. The molecule has 3 aromatic heterocycles. The zero-order valence-electron chi connectivity index (χ0n) is 13.4. The van der Waals surface area contributed by atoms with E-state index in [1.54, 1.807) is 0 Å². The van der Waals surface area contributed by atoms with Crippen LogP contribution in [0.4, 0.5) is 0 Å². The molecule has 0 spiro atoms. The van der Waals surface area contributed by atoms with Crippen LogP contribution < -0.4 is 0 Å². The Morgan fingerprint density at radius 2 is 1.52 bits per heavy atom. The number of fused-ring (bicyclic) bond motifs is 6. The highest BCUT2D eigenvalue weighted by atomic mass is 32.1. The van der Waals surface area contributed by atoms with Gasteiger partial charge in [0.05, 0.1) is 15.7 Å². The molecule has 3 aromatic carbocycles. The van der Waals surface area contributed by atoms with Gasteiger partial charge in [-0.05, 0) is 41.8 Å². The number of H-pyrrole nitrogens is 1. The van der Waals surface area contributed by atoms with E-state index in [0.29, 0.717) is 0 Å². The summed E-state index contributed by atoms with van der Waals surface area (Å²) in [6.45, 7) is 0. The lowest BCUT2D eigenvalue weighted by Crippen LogP contribution is -1.92. The molecule has 6 rings (SSSR count). The number of hydrogen-bond acceptors (Lipinski definition) is 1. The predicted octanol–water partition coefficient (Wildman–Crippen LogP) is 6.48. The molecule has 0 unspecified atom stereocenters. The molecule has 0 atom stereocenters. The summed E-state index contributed by atoms with van der Waals surface area (Å²) < 4.78 is 3.72. The van der Waals surface area contributed by atoms with Gasteiger partial charge in [-0.25, -0.2) is 0 Å². The lowest BCUT2D eigenvalue weighted by molar-refractivity contribution is 1.18. The molecule has 0 aliphatic heterocycles. The van der Waals surface area contributed by atoms with Crippen LogP contribution in [0.2, 0.25) is 0 Å². The molecule has 118 valence electrons. The summed E-state index contributed by atoms with van der Waals surface area (Å²) in [4.78, 5) is 3.58. The van der Waals surface area contributed by atoms with Gasteiger partial charge < -0.3 is 9.55 Å². The summed E-state index contributed by atoms with van der Waals surface area (Å²) >= 11 is 1.82. The molecule has 3 heteroatoms. The van der Waals surface area contributed by atoms with Crippen LogP contribution in [0.25, 0.3) is 48.6 Å². The largest absolute Gasteiger partial charge is 0.354 e. The summed E-state index contributed by atoms with van der Waals surface area (Å²) in [6.07, 6.45) is 0. The standard InChI is InChI=1S/C22H14N2S/c1-2-6-14(7-3-1)24-20-10-11-25-22(20)17-12-16-15-8-4-5-9-18(15)23-19(16)13-21(17)24/h1-13,23H. The minimum absolute atomic E-state index is 1.19. The van der Waals surface area contributed by atoms with Gasteiger partial charge in [0.2, 0.25) is 0 Å². The lowest BCUT2D eigenvalue weighted by Gasteiger charge is -2.06. The maximum Gasteiger partial charge on any atom is 0.0648 e. The number of nitrogens with zero attached hydrogens (tertiary/aromatic N) is 1. The molecule has 0 bridgehead atoms. The lowest BCUT2D eigenvalue weighted by atomic mass is 10.1. The van der Waals surface area contributed by atoms with Gasteiger partial charge in [-0.15, -0.1) is 11.3 Å². The summed E-state index contributed by atoms with van der Waals surface area (Å²) in [5, 5.41) is 6.09. The molecule has 0 amide bonds. The quantitative estimate of drug-likeness (QED) is 0.354. The first-order chi connectivity index (χ1) is 12.4. The fourth-order valence-corrected chi connectivity index (χ4v) is 4.82. The Balaban J connectivity index is 1.84. The number of benzene rings is 3. The second-order valence-corrected chi connectivity index (χ2v) is 7.31. The zero-order chi connectivity index (χ0) is 16.4. The second-order valence-electron chi connectivity index (χ2n) is 6.39. The molecule has 0 aliphatic carbocycles. The first-order valence-corrected chi connectivity index (χ1v) is 9.26. The Labute approximate surface area is 147 Å². The van der Waals surface area contributed by atoms with Crippen LogP contribution >= 0.6 is 11.3 Å². The number of hydrogen-bond donors (Lipinski definition) is 1. The van der Waals surface area contributed by atoms with E-state index < -0.39 is 0 Å². The summed E-state index contributed by atoms with van der Waals surface area (Å²) in [5.74, 6) is 0. The smallest absolute Gasteiger partial charge is 0.0648 e. The number of para-hydroxylation sites is 2. The van der Waals surface area contributed by atoms with Gasteiger partial charge in [-0.1, -0.05) is 36.4 Å². The van der Waals surface area contributed by atoms with E-state index in [4.69, 9.17) is 0 Å². The van der Waals surface area contributed by atoms with E-state index in [0.717, 1.165) is 0 Å². The van der Waals surface area contributed by atoms with Crippen LogP contribution in [0.1, 0.15) is 0 Å². The first kappa shape index (κ1) is 13.3. The Kier molecular flexibility index (Phi) is 2.52. The van der Waals surface area contributed by atoms with Crippen LogP contribution in [0.5, 0.6) is 0 Å². The third kappa shape index (κ3) is 1.73. The maximum absolute atomic E-state index is 3.58. The molecule has 0 fully saturated rings. The van der Waals surface area contributed by atoms with Crippen LogP contribution in [0.3, 0.4) is 0 Å². The van der Waals surface area contributed by atoms with Crippen molar-refractivity contribution in [3.63, 3.8) is 0 Å². The predicted molar refractivity (Wildman–Crippen MR) is 108 cm³/mol. The molecule has 0 radical (unpaired) electrons. The highest BCUT2D eigenvalue weighted by Gasteiger charge is 2.15. The van der Waals surface area contributed by atoms with E-state index in [1.807, 2.05) is 11.3 Å². The monoisotopic (exact) mass is 338 g/mol. The number of rotatable bonds is 1. The van der Waals surface area contributed by atoms with E-state index >= 15 is 0 Å². The SMILES string of the molecule is c1ccc(-n2c3cc4[nH]c5ccccc5c4cc3c3sccc32)cc1. The van der Waals surface area contributed by atoms with Crippen molar-refractivity contribution < 1.29 is 0 Å². The molecular weight excluding hydrogens is 324 g/mol. The van der Waals surface area contributed by atoms with Crippen LogP contribution in [-0.2, 0) is 0 Å². The van der Waals surface area contributed by atoms with E-state index in [1.165, 1.54) is 48.6 Å². The number of aromatic amines is 1. The number of aromatic nitrogens is 2. The summed E-state index contributed by atoms with van der Waals surface area (Å²) in [6, 6.07) is 26.0. The minimum Gasteiger partial charge on any atom is -0.354 e. The van der Waals surface area contributed by atoms with Gasteiger partial charge in [-0.2, -0.15) is 0 Å². The van der Waals surface area contributed by atoms with Crippen molar-refractivity contribution in [2.75, 3.05) is 0 Å². The Morgan fingerprint density at radius 3 is 2.44 bits per heavy atom. The van der Waals surface area contributed by atoms with Crippen molar-refractivity contribution in [2.45, 2.75) is 0 Å². The molecular formula is C22H14N2S. The van der Waals surface area contributed by atoms with Crippen LogP contribution in [-0.4, -0.2) is 9.55 Å². The van der Waals surface area contributed by atoms with E-state index in [-0.39, 0.29) is 0 Å². The fraction of sp³-hybridized carbons (Fsp3) is 0. The highest BCUT2D eigenvalue weighted by molar-refractivity contribution is 7.18. The number of nitrogens with one attached hydrogen (secondary N) is 1. The average Bonchev–Trinajstić information content (AvgIpc) is 3.32. The van der Waals surface area contributed by atoms with E-state index in [9.17, 15) is 0 Å². The van der Waals surface area contributed by atoms with Gasteiger partial charge in [0.15, 0.2) is 0 Å². The molecule has 0 saturated carbocycles. The number of thiophene rings is 1.